The Bertz CT molecular complexity index is 940. The van der Waals surface area contributed by atoms with Crippen LogP contribution in [0.2, 0.25) is 0 Å². The molecule has 4 aliphatic rings. The quantitative estimate of drug-likeness (QED) is 0.114. The molecule has 3 saturated carbocycles. The molecule has 0 saturated heterocycles. The van der Waals surface area contributed by atoms with Crippen LogP contribution < -0.4 is 0 Å². The van der Waals surface area contributed by atoms with Crippen molar-refractivity contribution < 1.29 is 24.5 Å². The molecular weight excluding hydrogens is 524 g/mol. The Balaban J connectivity index is 1.36. The number of aliphatic hydroxyl groups excluding tert-OH is 1. The van der Waals surface area contributed by atoms with Crippen molar-refractivity contribution in [3.05, 3.63) is 11.6 Å². The van der Waals surface area contributed by atoms with Crippen molar-refractivity contribution in [2.24, 2.45) is 46.3 Å². The van der Waals surface area contributed by atoms with Crippen LogP contribution in [0.1, 0.15) is 150 Å². The van der Waals surface area contributed by atoms with Gasteiger partial charge < -0.3 is 14.9 Å². The Morgan fingerprint density at radius 2 is 1.62 bits per heavy atom. The first kappa shape index (κ1) is 33.5. The molecule has 0 aromatic heterocycles. The van der Waals surface area contributed by atoms with E-state index < -0.39 is 12.1 Å². The summed E-state index contributed by atoms with van der Waals surface area (Å²) >= 11 is 0. The second kappa shape index (κ2) is 14.6. The Morgan fingerprint density at radius 3 is 2.31 bits per heavy atom. The highest BCUT2D eigenvalue weighted by atomic mass is 16.5. The van der Waals surface area contributed by atoms with Crippen molar-refractivity contribution in [3.8, 4) is 0 Å². The van der Waals surface area contributed by atoms with Gasteiger partial charge in [-0.2, -0.15) is 0 Å². The number of unbranched alkanes of at least 4 members (excludes halogenated alkanes) is 5. The van der Waals surface area contributed by atoms with Crippen LogP contribution in [-0.4, -0.2) is 34.4 Å². The van der Waals surface area contributed by atoms with E-state index in [1.807, 2.05) is 0 Å². The second-order valence-corrected chi connectivity index (χ2v) is 15.7. The molecule has 0 aromatic carbocycles. The Kier molecular flexibility index (Phi) is 11.7. The van der Waals surface area contributed by atoms with Crippen molar-refractivity contribution in [2.45, 2.75) is 162 Å². The Morgan fingerprint density at radius 1 is 0.929 bits per heavy atom. The first-order valence-corrected chi connectivity index (χ1v) is 17.8. The van der Waals surface area contributed by atoms with Crippen molar-refractivity contribution >= 4 is 11.9 Å². The number of rotatable bonds is 15. The Hall–Kier alpha value is -1.36. The van der Waals surface area contributed by atoms with E-state index in [1.54, 1.807) is 0 Å². The molecule has 3 fully saturated rings. The average molecular weight is 587 g/mol. The summed E-state index contributed by atoms with van der Waals surface area (Å²) in [6.07, 6.45) is 19.7. The normalized spacial score (nSPS) is 36.5. The predicted octanol–water partition coefficient (Wildman–Crippen LogP) is 9.12. The molecule has 4 rings (SSSR count). The van der Waals surface area contributed by atoms with Gasteiger partial charge in [0.2, 0.25) is 0 Å². The number of hydrogen-bond acceptors (Lipinski definition) is 4. The molecule has 0 spiro atoms. The van der Waals surface area contributed by atoms with Gasteiger partial charge in [-0.15, -0.1) is 0 Å². The molecule has 0 bridgehead atoms. The number of carboxylic acid groups (broad SMARTS) is 1. The van der Waals surface area contributed by atoms with Crippen LogP contribution in [0.25, 0.3) is 0 Å². The zero-order chi connectivity index (χ0) is 30.5. The third kappa shape index (κ3) is 7.46. The van der Waals surface area contributed by atoms with E-state index in [-0.39, 0.29) is 23.9 Å². The molecule has 1 unspecified atom stereocenters. The minimum Gasteiger partial charge on any atom is -0.481 e. The van der Waals surface area contributed by atoms with Crippen LogP contribution in [0, 0.1) is 46.3 Å². The van der Waals surface area contributed by atoms with Crippen LogP contribution in [0.15, 0.2) is 11.6 Å². The van der Waals surface area contributed by atoms with Gasteiger partial charge in [0.05, 0.1) is 6.10 Å². The maximum absolute atomic E-state index is 13.1. The SMILES string of the molecule is CC(C)CCC[C@@H](C)[C@H]1CC[C@H]2[C@@H]3CC=C4C[C@H](O)CC(OC(=O)CCCCCCCCC(=O)O)[C@]4(C)[C@H]3CC[C@]12C. The number of carbonyl (C=O) groups is 2. The smallest absolute Gasteiger partial charge is 0.306 e. The molecule has 9 atom stereocenters. The lowest BCUT2D eigenvalue weighted by Crippen LogP contribution is -2.56. The highest BCUT2D eigenvalue weighted by Crippen LogP contribution is 2.67. The topological polar surface area (TPSA) is 83.8 Å². The number of hydrogen-bond donors (Lipinski definition) is 2. The zero-order valence-corrected chi connectivity index (χ0v) is 27.5. The average Bonchev–Trinajstić information content (AvgIpc) is 3.28. The van der Waals surface area contributed by atoms with E-state index in [0.717, 1.165) is 75.0 Å². The molecule has 0 aliphatic heterocycles. The van der Waals surface area contributed by atoms with E-state index in [1.165, 1.54) is 50.5 Å². The van der Waals surface area contributed by atoms with Gasteiger partial charge >= 0.3 is 11.9 Å². The number of aliphatic carboxylic acids is 1. The van der Waals surface area contributed by atoms with Gasteiger partial charge in [0.25, 0.3) is 0 Å². The molecule has 42 heavy (non-hydrogen) atoms. The lowest BCUT2D eigenvalue weighted by Gasteiger charge is -2.60. The molecule has 240 valence electrons. The number of fused-ring (bicyclic) bond motifs is 5. The monoisotopic (exact) mass is 586 g/mol. The van der Waals surface area contributed by atoms with E-state index in [4.69, 9.17) is 9.84 Å². The van der Waals surface area contributed by atoms with E-state index in [2.05, 4.69) is 40.7 Å². The van der Waals surface area contributed by atoms with E-state index in [0.29, 0.717) is 30.1 Å². The summed E-state index contributed by atoms with van der Waals surface area (Å²) < 4.78 is 6.31. The third-order valence-electron chi connectivity index (χ3n) is 12.6. The minimum atomic E-state index is -0.724. The fourth-order valence-electron chi connectivity index (χ4n) is 10.3. The van der Waals surface area contributed by atoms with Crippen LogP contribution in [0.5, 0.6) is 0 Å². The number of ether oxygens (including phenoxy) is 1. The van der Waals surface area contributed by atoms with Crippen molar-refractivity contribution in [1.29, 1.82) is 0 Å². The second-order valence-electron chi connectivity index (χ2n) is 15.7. The van der Waals surface area contributed by atoms with Crippen molar-refractivity contribution in [2.75, 3.05) is 0 Å². The lowest BCUT2D eigenvalue weighted by atomic mass is 9.46. The van der Waals surface area contributed by atoms with Gasteiger partial charge in [-0.25, -0.2) is 0 Å². The van der Waals surface area contributed by atoms with Crippen LogP contribution in [0.3, 0.4) is 0 Å². The molecule has 0 aromatic rings. The minimum absolute atomic E-state index is 0.112. The number of carbonyl (C=O) groups excluding carboxylic acids is 1. The maximum atomic E-state index is 13.1. The highest BCUT2D eigenvalue weighted by Gasteiger charge is 2.61. The molecule has 0 amide bonds. The number of esters is 1. The summed E-state index contributed by atoms with van der Waals surface area (Å²) in [7, 11) is 0. The fraction of sp³-hybridized carbons (Fsp3) is 0.892. The van der Waals surface area contributed by atoms with Gasteiger partial charge in [0.15, 0.2) is 0 Å². The summed E-state index contributed by atoms with van der Waals surface area (Å²) in [4.78, 5) is 23.8. The maximum Gasteiger partial charge on any atom is 0.306 e. The number of carboxylic acids is 1. The van der Waals surface area contributed by atoms with Gasteiger partial charge in [-0.1, -0.05) is 91.2 Å². The first-order chi connectivity index (χ1) is 20.0. The third-order valence-corrected chi connectivity index (χ3v) is 12.6. The summed E-state index contributed by atoms with van der Waals surface area (Å²) in [5, 5.41) is 19.6. The number of aliphatic hydroxyl groups is 1. The Labute approximate surface area is 256 Å². The van der Waals surface area contributed by atoms with Gasteiger partial charge in [-0.05, 0) is 92.3 Å². The van der Waals surface area contributed by atoms with Gasteiger partial charge in [0, 0.05) is 24.7 Å². The number of allylic oxidation sites excluding steroid dienone is 1. The predicted molar refractivity (Wildman–Crippen MR) is 169 cm³/mol. The summed E-state index contributed by atoms with van der Waals surface area (Å²) in [5.74, 6) is 3.52. The van der Waals surface area contributed by atoms with E-state index in [9.17, 15) is 14.7 Å². The zero-order valence-electron chi connectivity index (χ0n) is 27.5. The standard InChI is InChI=1S/C37H62O5/c1-25(2)13-12-14-26(3)30-19-20-31-29-18-17-27-23-28(38)24-33(37(27,5)32(29)21-22-36(30,31)4)42-35(41)16-11-9-7-6-8-10-15-34(39)40/h17,25-26,28-33,38H,6-16,18-24H2,1-5H3,(H,39,40)/t26-,28+,29+,30-,31+,32+,33?,36-,37+/m1/s1. The van der Waals surface area contributed by atoms with Gasteiger partial charge in [0.1, 0.15) is 6.10 Å². The molecule has 4 aliphatic carbocycles. The van der Waals surface area contributed by atoms with Crippen molar-refractivity contribution in [3.63, 3.8) is 0 Å². The molecule has 0 heterocycles. The largest absolute Gasteiger partial charge is 0.481 e. The van der Waals surface area contributed by atoms with Crippen LogP contribution in [0.4, 0.5) is 0 Å². The lowest BCUT2D eigenvalue weighted by molar-refractivity contribution is -0.169. The highest BCUT2D eigenvalue weighted by molar-refractivity contribution is 5.69. The van der Waals surface area contributed by atoms with Crippen LogP contribution >= 0.6 is 0 Å². The summed E-state index contributed by atoms with van der Waals surface area (Å²) in [5.41, 5.74) is 1.61. The molecule has 5 heteroatoms. The molecule has 5 nitrogen and oxygen atoms in total. The molecular formula is C37H62O5. The molecule has 0 radical (unpaired) electrons. The summed E-state index contributed by atoms with van der Waals surface area (Å²) in [6, 6.07) is 0. The van der Waals surface area contributed by atoms with E-state index >= 15 is 0 Å². The first-order valence-electron chi connectivity index (χ1n) is 17.8. The fourth-order valence-corrected chi connectivity index (χ4v) is 10.3. The summed E-state index contributed by atoms with van der Waals surface area (Å²) in [6.45, 7) is 12.2. The van der Waals surface area contributed by atoms with Gasteiger partial charge in [-0.3, -0.25) is 9.59 Å². The van der Waals surface area contributed by atoms with Crippen molar-refractivity contribution in [1.82, 2.24) is 0 Å². The molecule has 2 N–H and O–H groups in total. The van der Waals surface area contributed by atoms with Crippen LogP contribution in [-0.2, 0) is 14.3 Å².